The number of nitrogens with zero attached hydrogens (tertiary/aromatic N) is 5. The number of anilines is 2. The normalized spacial score (nSPS) is 16.6. The average molecular weight is 598 g/mol. The number of aliphatic imine (C=N–C) groups is 1. The Bertz CT molecular complexity index is 1740. The van der Waals surface area contributed by atoms with Gasteiger partial charge in [-0.15, -0.1) is 0 Å². The van der Waals surface area contributed by atoms with Crippen LogP contribution < -0.4 is 31.6 Å². The van der Waals surface area contributed by atoms with Crippen molar-refractivity contribution >= 4 is 40.3 Å². The van der Waals surface area contributed by atoms with Crippen molar-refractivity contribution in [3.63, 3.8) is 0 Å². The molecule has 2 aromatic heterocycles. The molecule has 0 radical (unpaired) electrons. The highest BCUT2D eigenvalue weighted by molar-refractivity contribution is 6.07. The van der Waals surface area contributed by atoms with Gasteiger partial charge in [0.1, 0.15) is 23.9 Å². The summed E-state index contributed by atoms with van der Waals surface area (Å²) >= 11 is 0. The van der Waals surface area contributed by atoms with E-state index in [0.717, 1.165) is 22.4 Å². The van der Waals surface area contributed by atoms with Gasteiger partial charge < -0.3 is 41.0 Å². The number of aromatic nitrogens is 3. The van der Waals surface area contributed by atoms with E-state index in [2.05, 4.69) is 30.2 Å². The van der Waals surface area contributed by atoms with Crippen LogP contribution in [0.5, 0.6) is 11.5 Å². The van der Waals surface area contributed by atoms with E-state index in [4.69, 9.17) is 20.9 Å². The number of nitrogens with one attached hydrogen (secondary N) is 2. The molecular weight excluding hydrogens is 562 g/mol. The minimum absolute atomic E-state index is 0.000442. The lowest BCUT2D eigenvalue weighted by atomic mass is 9.88. The highest BCUT2D eigenvalue weighted by Crippen LogP contribution is 2.28. The van der Waals surface area contributed by atoms with Crippen LogP contribution >= 0.6 is 0 Å². The molecule has 2 aliphatic rings. The Balaban J connectivity index is 1.07. The van der Waals surface area contributed by atoms with Crippen LogP contribution in [-0.4, -0.2) is 76.1 Å². The van der Waals surface area contributed by atoms with E-state index in [9.17, 15) is 9.59 Å². The summed E-state index contributed by atoms with van der Waals surface area (Å²) in [5.74, 6) is 1.41. The van der Waals surface area contributed by atoms with Gasteiger partial charge in [0, 0.05) is 42.3 Å². The van der Waals surface area contributed by atoms with Crippen molar-refractivity contribution in [3.05, 3.63) is 71.7 Å². The smallest absolute Gasteiger partial charge is 0.302 e. The van der Waals surface area contributed by atoms with Crippen LogP contribution in [-0.2, 0) is 6.54 Å². The van der Waals surface area contributed by atoms with Crippen LogP contribution in [0.1, 0.15) is 39.4 Å². The Hall–Kier alpha value is -5.33. The van der Waals surface area contributed by atoms with Crippen molar-refractivity contribution in [2.24, 2.45) is 4.99 Å². The minimum atomic E-state index is -0.606. The van der Waals surface area contributed by atoms with Gasteiger partial charge in [-0.05, 0) is 62.2 Å². The molecule has 2 saturated heterocycles. The first kappa shape index (κ1) is 28.8. The number of amides is 2. The maximum atomic E-state index is 13.7. The number of carbonyl (C=O) groups excluding carboxylic acids is 2. The Morgan fingerprint density at radius 2 is 1.77 bits per heavy atom. The number of hydrogen-bond acceptors (Lipinski definition) is 8. The number of fused-ring (bicyclic) bond motifs is 1. The fraction of sp³-hybridized carbons (Fsp3) is 0.323. The van der Waals surface area contributed by atoms with Crippen LogP contribution in [0.25, 0.3) is 10.9 Å². The number of ether oxygens (including phenoxy) is 2. The lowest BCUT2D eigenvalue weighted by Gasteiger charge is -2.38. The summed E-state index contributed by atoms with van der Waals surface area (Å²) in [4.78, 5) is 40.6. The Morgan fingerprint density at radius 1 is 1.02 bits per heavy atom. The van der Waals surface area contributed by atoms with Crippen molar-refractivity contribution in [2.45, 2.75) is 31.8 Å². The summed E-state index contributed by atoms with van der Waals surface area (Å²) in [5.41, 5.74) is 13.3. The maximum absolute atomic E-state index is 13.7. The number of rotatable bonds is 7. The molecule has 0 unspecified atom stereocenters. The van der Waals surface area contributed by atoms with E-state index in [0.29, 0.717) is 62.8 Å². The third-order valence-corrected chi connectivity index (χ3v) is 8.24. The third-order valence-electron chi connectivity index (χ3n) is 8.24. The molecule has 0 bridgehead atoms. The number of aryl methyl sites for hydroxylation is 1. The van der Waals surface area contributed by atoms with Gasteiger partial charge in [0.05, 0.1) is 24.9 Å². The molecule has 2 aliphatic heterocycles. The van der Waals surface area contributed by atoms with E-state index < -0.39 is 5.91 Å². The number of nitrogens with two attached hydrogens (primary N) is 2. The van der Waals surface area contributed by atoms with E-state index in [1.165, 1.54) is 0 Å². The number of piperidine rings is 1. The van der Waals surface area contributed by atoms with Gasteiger partial charge >= 0.3 is 5.91 Å². The van der Waals surface area contributed by atoms with Gasteiger partial charge in [-0.2, -0.15) is 4.99 Å². The fourth-order valence-electron chi connectivity index (χ4n) is 5.67. The number of guanidine groups is 1. The van der Waals surface area contributed by atoms with Gasteiger partial charge in [0.2, 0.25) is 0 Å². The lowest BCUT2D eigenvalue weighted by molar-refractivity contribution is 0.0671. The summed E-state index contributed by atoms with van der Waals surface area (Å²) in [6, 6.07) is 15.3. The molecule has 228 valence electrons. The number of benzene rings is 2. The predicted molar refractivity (Wildman–Crippen MR) is 167 cm³/mol. The molecule has 2 aromatic carbocycles. The molecule has 13 nitrogen and oxygen atoms in total. The highest BCUT2D eigenvalue weighted by Gasteiger charge is 2.41. The molecule has 0 atom stereocenters. The van der Waals surface area contributed by atoms with Gasteiger partial charge in [-0.3, -0.25) is 9.59 Å². The van der Waals surface area contributed by atoms with Crippen molar-refractivity contribution in [2.75, 3.05) is 44.8 Å². The first-order chi connectivity index (χ1) is 21.2. The van der Waals surface area contributed by atoms with E-state index in [-0.39, 0.29) is 28.8 Å². The molecule has 6 N–H and O–H groups in total. The number of carbonyl (C=O) groups is 2. The second-order valence-corrected chi connectivity index (χ2v) is 11.0. The number of likely N-dealkylation sites (tertiary alicyclic amines) is 1. The van der Waals surface area contributed by atoms with Crippen LogP contribution in [0.4, 0.5) is 11.6 Å². The Labute approximate surface area is 254 Å². The van der Waals surface area contributed by atoms with E-state index in [1.807, 2.05) is 59.6 Å². The molecule has 6 rings (SSSR count). The van der Waals surface area contributed by atoms with Crippen molar-refractivity contribution in [1.29, 1.82) is 0 Å². The second-order valence-electron chi connectivity index (χ2n) is 11.0. The summed E-state index contributed by atoms with van der Waals surface area (Å²) in [5, 5.41) is 7.46. The molecule has 2 amide bonds. The van der Waals surface area contributed by atoms with Crippen LogP contribution in [0.3, 0.4) is 0 Å². The SMILES string of the molecule is COc1ccc(OCCn2ccc3c(C(=O)N4CCC5(CC4)CN/C(=N\C(=O)c4nc(C)c(N)nc4N)N5)cccc32)cc1. The molecule has 2 fully saturated rings. The largest absolute Gasteiger partial charge is 0.497 e. The molecular formula is C31H35N9O4. The molecule has 4 heterocycles. The fourth-order valence-corrected chi connectivity index (χ4v) is 5.67. The molecule has 0 saturated carbocycles. The Kier molecular flexibility index (Phi) is 7.68. The van der Waals surface area contributed by atoms with E-state index in [1.54, 1.807) is 14.0 Å². The van der Waals surface area contributed by atoms with Gasteiger partial charge in [-0.25, -0.2) is 9.97 Å². The van der Waals surface area contributed by atoms with Gasteiger partial charge in [0.15, 0.2) is 17.5 Å². The molecule has 0 aliphatic carbocycles. The highest BCUT2D eigenvalue weighted by atomic mass is 16.5. The number of methoxy groups -OCH3 is 1. The summed E-state index contributed by atoms with van der Waals surface area (Å²) in [6.07, 6.45) is 3.38. The van der Waals surface area contributed by atoms with Gasteiger partial charge in [-0.1, -0.05) is 6.07 Å². The van der Waals surface area contributed by atoms with Gasteiger partial charge in [0.25, 0.3) is 5.91 Å². The number of nitrogen functional groups attached to an aromatic ring is 2. The summed E-state index contributed by atoms with van der Waals surface area (Å²) in [7, 11) is 1.63. The Morgan fingerprint density at radius 3 is 2.52 bits per heavy atom. The van der Waals surface area contributed by atoms with Crippen LogP contribution in [0.15, 0.2) is 59.7 Å². The van der Waals surface area contributed by atoms with Crippen molar-refractivity contribution < 1.29 is 19.1 Å². The quantitative estimate of drug-likeness (QED) is 0.247. The van der Waals surface area contributed by atoms with Crippen molar-refractivity contribution in [1.82, 2.24) is 30.1 Å². The molecule has 1 spiro atoms. The minimum Gasteiger partial charge on any atom is -0.497 e. The monoisotopic (exact) mass is 597 g/mol. The average Bonchev–Trinajstić information content (AvgIpc) is 3.63. The third kappa shape index (κ3) is 5.68. The second kappa shape index (κ2) is 11.7. The standard InChI is InChI=1S/C31H35N9O4/c1-19-26(32)36-27(33)25(35-19)28(41)37-30-34-18-31(38-30)11-14-40(15-12-31)29(42)23-4-3-5-24-22(23)10-13-39(24)16-17-44-21-8-6-20(43-2)7-9-21/h3-10,13H,11-12,14-18H2,1-2H3,(H4,32,33,36)(H2,34,37,38,41). The molecule has 4 aromatic rings. The molecule has 13 heteroatoms. The van der Waals surface area contributed by atoms with Crippen LogP contribution in [0, 0.1) is 6.92 Å². The summed E-state index contributed by atoms with van der Waals surface area (Å²) < 4.78 is 13.2. The zero-order valence-corrected chi connectivity index (χ0v) is 24.7. The first-order valence-corrected chi connectivity index (χ1v) is 14.4. The predicted octanol–water partition coefficient (Wildman–Crippen LogP) is 2.36. The summed E-state index contributed by atoms with van der Waals surface area (Å²) in [6.45, 7) is 4.49. The topological polar surface area (TPSA) is 175 Å². The van der Waals surface area contributed by atoms with E-state index >= 15 is 0 Å². The van der Waals surface area contributed by atoms with Crippen molar-refractivity contribution in [3.8, 4) is 11.5 Å². The first-order valence-electron chi connectivity index (χ1n) is 14.4. The number of hydrogen-bond donors (Lipinski definition) is 4. The maximum Gasteiger partial charge on any atom is 0.302 e. The zero-order chi connectivity index (χ0) is 30.8. The van der Waals surface area contributed by atoms with Crippen LogP contribution in [0.2, 0.25) is 0 Å². The lowest BCUT2D eigenvalue weighted by Crippen LogP contribution is -2.53. The molecule has 44 heavy (non-hydrogen) atoms. The zero-order valence-electron chi connectivity index (χ0n) is 24.7.